The highest BCUT2D eigenvalue weighted by atomic mass is 32.2. The average Bonchev–Trinajstić information content (AvgIpc) is 3.28. The number of H-pyrrole nitrogens is 1. The Bertz CT molecular complexity index is 1150. The van der Waals surface area contributed by atoms with Crippen LogP contribution in [0.15, 0.2) is 64.9 Å². The van der Waals surface area contributed by atoms with Crippen LogP contribution < -0.4 is 5.43 Å². The molecule has 2 aromatic heterocycles. The van der Waals surface area contributed by atoms with Crippen molar-refractivity contribution in [2.45, 2.75) is 19.0 Å². The average molecular weight is 404 g/mol. The monoisotopic (exact) mass is 404 g/mol. The van der Waals surface area contributed by atoms with Crippen LogP contribution in [-0.2, 0) is 4.79 Å². The molecule has 0 saturated heterocycles. The van der Waals surface area contributed by atoms with Crippen molar-refractivity contribution in [1.82, 2.24) is 25.2 Å². The van der Waals surface area contributed by atoms with Gasteiger partial charge in [0.05, 0.1) is 40.1 Å². The van der Waals surface area contributed by atoms with Crippen molar-refractivity contribution in [1.29, 1.82) is 0 Å². The zero-order valence-corrected chi connectivity index (χ0v) is 16.9. The van der Waals surface area contributed by atoms with Gasteiger partial charge in [-0.1, -0.05) is 42.1 Å². The topological polar surface area (TPSA) is 88.0 Å². The molecule has 0 unspecified atom stereocenters. The standard InChI is InChI=1S/C21H20N6OS/c1-14-17(15(2)27(26-14)16-8-4-3-5-9-16)12-22-25-20(28)13-29-21-23-18-10-6-7-11-19(18)24-21/h3-12H,13H2,1-2H3,(H,23,24)(H,25,28)/b22-12-. The number of aromatic amines is 1. The maximum absolute atomic E-state index is 12.1. The Morgan fingerprint density at radius 1 is 1.17 bits per heavy atom. The van der Waals surface area contributed by atoms with Crippen LogP contribution in [0.5, 0.6) is 0 Å². The number of nitrogens with zero attached hydrogens (tertiary/aromatic N) is 4. The Morgan fingerprint density at radius 2 is 1.93 bits per heavy atom. The van der Waals surface area contributed by atoms with Gasteiger partial charge in [-0.2, -0.15) is 10.2 Å². The zero-order chi connectivity index (χ0) is 20.2. The molecule has 0 aliphatic rings. The van der Waals surface area contributed by atoms with Gasteiger partial charge in [-0.15, -0.1) is 0 Å². The third-order valence-electron chi connectivity index (χ3n) is 4.44. The predicted molar refractivity (Wildman–Crippen MR) is 116 cm³/mol. The maximum Gasteiger partial charge on any atom is 0.250 e. The summed E-state index contributed by atoms with van der Waals surface area (Å²) < 4.78 is 1.87. The summed E-state index contributed by atoms with van der Waals surface area (Å²) in [7, 11) is 0. The Morgan fingerprint density at radius 3 is 2.72 bits per heavy atom. The van der Waals surface area contributed by atoms with Crippen LogP contribution in [0.3, 0.4) is 0 Å². The number of aromatic nitrogens is 4. The number of rotatable bonds is 6. The third-order valence-corrected chi connectivity index (χ3v) is 5.31. The van der Waals surface area contributed by atoms with Crippen molar-refractivity contribution in [2.24, 2.45) is 5.10 Å². The maximum atomic E-state index is 12.1. The number of fused-ring (bicyclic) bond motifs is 1. The zero-order valence-electron chi connectivity index (χ0n) is 16.1. The van der Waals surface area contributed by atoms with Gasteiger partial charge in [0.15, 0.2) is 5.16 Å². The molecule has 4 rings (SSSR count). The molecule has 2 N–H and O–H groups in total. The minimum Gasteiger partial charge on any atom is -0.333 e. The van der Waals surface area contributed by atoms with E-state index in [9.17, 15) is 4.79 Å². The SMILES string of the molecule is Cc1nn(-c2ccccc2)c(C)c1/C=N\NC(=O)CSc1nc2ccccc2[nH]1. The molecular formula is C21H20N6OS. The summed E-state index contributed by atoms with van der Waals surface area (Å²) >= 11 is 1.34. The van der Waals surface area contributed by atoms with E-state index < -0.39 is 0 Å². The summed E-state index contributed by atoms with van der Waals surface area (Å²) in [6, 6.07) is 17.7. The minimum absolute atomic E-state index is 0.197. The number of thioether (sulfide) groups is 1. The lowest BCUT2D eigenvalue weighted by Gasteiger charge is -2.03. The quantitative estimate of drug-likeness (QED) is 0.292. The first-order valence-corrected chi connectivity index (χ1v) is 10.1. The molecule has 0 spiro atoms. The smallest absolute Gasteiger partial charge is 0.250 e. The lowest BCUT2D eigenvalue weighted by molar-refractivity contribution is -0.118. The van der Waals surface area contributed by atoms with E-state index in [0.29, 0.717) is 5.16 Å². The molecule has 0 fully saturated rings. The Kier molecular flexibility index (Phi) is 5.44. The van der Waals surface area contributed by atoms with Gasteiger partial charge in [0, 0.05) is 5.56 Å². The van der Waals surface area contributed by atoms with Crippen LogP contribution in [-0.4, -0.2) is 37.6 Å². The molecule has 1 amide bonds. The molecule has 4 aromatic rings. The number of carbonyl (C=O) groups excluding carboxylic acids is 1. The van der Waals surface area contributed by atoms with E-state index in [1.165, 1.54) is 11.8 Å². The predicted octanol–water partition coefficient (Wildman–Crippen LogP) is 3.61. The van der Waals surface area contributed by atoms with Gasteiger partial charge < -0.3 is 4.98 Å². The van der Waals surface area contributed by atoms with Crippen molar-refractivity contribution in [3.63, 3.8) is 0 Å². The number of imidazole rings is 1. The molecule has 8 heteroatoms. The highest BCUT2D eigenvalue weighted by molar-refractivity contribution is 7.99. The molecule has 2 heterocycles. The second-order valence-electron chi connectivity index (χ2n) is 6.47. The number of hydrogen-bond donors (Lipinski definition) is 2. The molecule has 0 aliphatic heterocycles. The van der Waals surface area contributed by atoms with Crippen LogP contribution in [0.25, 0.3) is 16.7 Å². The summed E-state index contributed by atoms with van der Waals surface area (Å²) in [6.45, 7) is 3.90. The summed E-state index contributed by atoms with van der Waals surface area (Å²) in [6.07, 6.45) is 1.64. The Balaban J connectivity index is 1.37. The molecule has 29 heavy (non-hydrogen) atoms. The number of hydrazone groups is 1. The number of hydrogen-bond acceptors (Lipinski definition) is 5. The minimum atomic E-state index is -0.197. The fraction of sp³-hybridized carbons (Fsp3) is 0.143. The molecule has 146 valence electrons. The van der Waals surface area contributed by atoms with Crippen LogP contribution in [0.4, 0.5) is 0 Å². The second kappa shape index (κ2) is 8.32. The van der Waals surface area contributed by atoms with E-state index in [2.05, 4.69) is 25.6 Å². The van der Waals surface area contributed by atoms with E-state index in [1.54, 1.807) is 6.21 Å². The summed E-state index contributed by atoms with van der Waals surface area (Å²) in [5, 5.41) is 9.38. The van der Waals surface area contributed by atoms with Crippen LogP contribution >= 0.6 is 11.8 Å². The van der Waals surface area contributed by atoms with Gasteiger partial charge >= 0.3 is 0 Å². The van der Waals surface area contributed by atoms with E-state index >= 15 is 0 Å². The van der Waals surface area contributed by atoms with Crippen molar-refractivity contribution in [2.75, 3.05) is 5.75 Å². The summed E-state index contributed by atoms with van der Waals surface area (Å²) in [5.41, 5.74) is 8.09. The van der Waals surface area contributed by atoms with Crippen LogP contribution in [0.2, 0.25) is 0 Å². The first-order valence-electron chi connectivity index (χ1n) is 9.13. The largest absolute Gasteiger partial charge is 0.333 e. The molecule has 0 radical (unpaired) electrons. The van der Waals surface area contributed by atoms with Gasteiger partial charge in [-0.25, -0.2) is 15.1 Å². The molecule has 0 atom stereocenters. The van der Waals surface area contributed by atoms with E-state index in [1.807, 2.05) is 73.1 Å². The Labute approximate surface area is 172 Å². The van der Waals surface area contributed by atoms with E-state index in [-0.39, 0.29) is 11.7 Å². The molecule has 0 bridgehead atoms. The van der Waals surface area contributed by atoms with Gasteiger partial charge in [-0.05, 0) is 38.1 Å². The number of benzene rings is 2. The highest BCUT2D eigenvalue weighted by Gasteiger charge is 2.11. The first kappa shape index (κ1) is 18.9. The first-order chi connectivity index (χ1) is 14.1. The lowest BCUT2D eigenvalue weighted by atomic mass is 10.2. The fourth-order valence-electron chi connectivity index (χ4n) is 2.99. The molecule has 7 nitrogen and oxygen atoms in total. The van der Waals surface area contributed by atoms with Crippen molar-refractivity contribution >= 4 is 34.9 Å². The molecule has 0 saturated carbocycles. The number of para-hydroxylation sites is 3. The van der Waals surface area contributed by atoms with E-state index in [4.69, 9.17) is 0 Å². The number of nitrogens with one attached hydrogen (secondary N) is 2. The lowest BCUT2D eigenvalue weighted by Crippen LogP contribution is -2.19. The third kappa shape index (κ3) is 4.22. The number of aryl methyl sites for hydroxylation is 1. The van der Waals surface area contributed by atoms with Gasteiger partial charge in [0.25, 0.3) is 5.91 Å². The number of carbonyl (C=O) groups is 1. The van der Waals surface area contributed by atoms with Gasteiger partial charge in [-0.3, -0.25) is 4.79 Å². The van der Waals surface area contributed by atoms with Crippen molar-refractivity contribution in [3.8, 4) is 5.69 Å². The summed E-state index contributed by atoms with van der Waals surface area (Å²) in [5.74, 6) is 0.0238. The molecule has 2 aromatic carbocycles. The van der Waals surface area contributed by atoms with Gasteiger partial charge in [0.2, 0.25) is 0 Å². The second-order valence-corrected chi connectivity index (χ2v) is 7.44. The molecule has 0 aliphatic carbocycles. The van der Waals surface area contributed by atoms with E-state index in [0.717, 1.165) is 33.7 Å². The number of amides is 1. The normalized spacial score (nSPS) is 11.4. The van der Waals surface area contributed by atoms with Crippen LogP contribution in [0, 0.1) is 13.8 Å². The highest BCUT2D eigenvalue weighted by Crippen LogP contribution is 2.19. The molecular weight excluding hydrogens is 384 g/mol. The van der Waals surface area contributed by atoms with Crippen molar-refractivity contribution in [3.05, 3.63) is 71.5 Å². The Hall–Kier alpha value is -3.39. The van der Waals surface area contributed by atoms with Gasteiger partial charge in [0.1, 0.15) is 0 Å². The van der Waals surface area contributed by atoms with Crippen molar-refractivity contribution < 1.29 is 4.79 Å². The fourth-order valence-corrected chi connectivity index (χ4v) is 3.67. The summed E-state index contributed by atoms with van der Waals surface area (Å²) in [4.78, 5) is 19.7. The van der Waals surface area contributed by atoms with Crippen LogP contribution in [0.1, 0.15) is 17.0 Å².